The van der Waals surface area contributed by atoms with Gasteiger partial charge in [0.25, 0.3) is 5.91 Å². The third-order valence-electron chi connectivity index (χ3n) is 2.71. The Kier molecular flexibility index (Phi) is 4.37. The zero-order valence-corrected chi connectivity index (χ0v) is 11.4. The molecule has 0 radical (unpaired) electrons. The topological polar surface area (TPSA) is 29.1 Å². The molecule has 1 N–H and O–H groups in total. The normalized spacial score (nSPS) is 11.4. The van der Waals surface area contributed by atoms with Gasteiger partial charge in [0.1, 0.15) is 11.6 Å². The molecule has 0 bridgehead atoms. The minimum absolute atomic E-state index is 0.168. The summed E-state index contributed by atoms with van der Waals surface area (Å²) in [5.74, 6) is -2.98. The van der Waals surface area contributed by atoms with E-state index in [9.17, 15) is 26.7 Å². The molecule has 0 unspecified atom stereocenters. The lowest BCUT2D eigenvalue weighted by Gasteiger charge is -2.12. The van der Waals surface area contributed by atoms with Crippen molar-refractivity contribution in [1.82, 2.24) is 0 Å². The molecule has 0 fully saturated rings. The van der Waals surface area contributed by atoms with E-state index in [1.165, 1.54) is 0 Å². The summed E-state index contributed by atoms with van der Waals surface area (Å²) >= 11 is 5.70. The first kappa shape index (κ1) is 16.2. The first-order valence-electron chi connectivity index (χ1n) is 5.81. The number of benzene rings is 2. The lowest BCUT2D eigenvalue weighted by molar-refractivity contribution is -0.137. The first-order chi connectivity index (χ1) is 10.2. The summed E-state index contributed by atoms with van der Waals surface area (Å²) in [6.45, 7) is 0. The standard InChI is InChI=1S/C14H7ClF5NO/c15-10-3-1-7(14(18,19)20)5-12(10)21-13(22)9-6-8(16)2-4-11(9)17/h1-6H,(H,21,22). The van der Waals surface area contributed by atoms with E-state index in [1.54, 1.807) is 0 Å². The number of carbonyl (C=O) groups is 1. The number of carbonyl (C=O) groups excluding carboxylic acids is 1. The number of hydrogen-bond donors (Lipinski definition) is 1. The van der Waals surface area contributed by atoms with Gasteiger partial charge in [-0.2, -0.15) is 13.2 Å². The van der Waals surface area contributed by atoms with Gasteiger partial charge in [0, 0.05) is 0 Å². The van der Waals surface area contributed by atoms with E-state index in [4.69, 9.17) is 11.6 Å². The van der Waals surface area contributed by atoms with Crippen LogP contribution in [-0.4, -0.2) is 5.91 Å². The highest BCUT2D eigenvalue weighted by Crippen LogP contribution is 2.34. The second-order valence-electron chi connectivity index (χ2n) is 4.27. The number of hydrogen-bond acceptors (Lipinski definition) is 1. The largest absolute Gasteiger partial charge is 0.416 e. The van der Waals surface area contributed by atoms with Gasteiger partial charge in [0.2, 0.25) is 0 Å². The molecule has 0 aliphatic carbocycles. The van der Waals surface area contributed by atoms with Gasteiger partial charge in [-0.25, -0.2) is 8.78 Å². The second-order valence-corrected chi connectivity index (χ2v) is 4.68. The molecule has 2 nitrogen and oxygen atoms in total. The van der Waals surface area contributed by atoms with Crippen LogP contribution >= 0.6 is 11.6 Å². The molecule has 0 aliphatic heterocycles. The number of rotatable bonds is 2. The minimum Gasteiger partial charge on any atom is -0.321 e. The van der Waals surface area contributed by atoms with E-state index >= 15 is 0 Å². The average Bonchev–Trinajstić information content (AvgIpc) is 2.42. The summed E-state index contributed by atoms with van der Waals surface area (Å²) in [6, 6.07) is 4.47. The monoisotopic (exact) mass is 335 g/mol. The summed E-state index contributed by atoms with van der Waals surface area (Å²) in [5, 5.41) is 1.86. The van der Waals surface area contributed by atoms with Gasteiger partial charge < -0.3 is 5.32 Å². The van der Waals surface area contributed by atoms with Gasteiger partial charge in [-0.1, -0.05) is 11.6 Å². The molecule has 0 aliphatic rings. The second kappa shape index (κ2) is 5.92. The Morgan fingerprint density at radius 2 is 1.73 bits per heavy atom. The van der Waals surface area contributed by atoms with Crippen LogP contribution in [0.5, 0.6) is 0 Å². The van der Waals surface area contributed by atoms with Crippen LogP contribution in [0.4, 0.5) is 27.6 Å². The predicted molar refractivity (Wildman–Crippen MR) is 70.8 cm³/mol. The number of anilines is 1. The lowest BCUT2D eigenvalue weighted by Crippen LogP contribution is -2.15. The molecule has 0 saturated carbocycles. The van der Waals surface area contributed by atoms with Gasteiger partial charge in [-0.05, 0) is 36.4 Å². The average molecular weight is 336 g/mol. The molecule has 8 heteroatoms. The zero-order valence-electron chi connectivity index (χ0n) is 10.6. The fourth-order valence-electron chi connectivity index (χ4n) is 1.66. The van der Waals surface area contributed by atoms with E-state index in [2.05, 4.69) is 0 Å². The van der Waals surface area contributed by atoms with Crippen molar-refractivity contribution in [3.8, 4) is 0 Å². The summed E-state index contributed by atoms with van der Waals surface area (Å²) < 4.78 is 64.3. The van der Waals surface area contributed by atoms with Crippen LogP contribution in [0.2, 0.25) is 5.02 Å². The van der Waals surface area contributed by atoms with Gasteiger partial charge in [-0.3, -0.25) is 4.79 Å². The molecular weight excluding hydrogens is 329 g/mol. The molecule has 22 heavy (non-hydrogen) atoms. The molecule has 0 spiro atoms. The number of amides is 1. The van der Waals surface area contributed by atoms with Crippen LogP contribution in [0.25, 0.3) is 0 Å². The molecule has 2 rings (SSSR count). The molecule has 0 saturated heterocycles. The highest BCUT2D eigenvalue weighted by Gasteiger charge is 2.31. The van der Waals surface area contributed by atoms with Gasteiger partial charge in [-0.15, -0.1) is 0 Å². The third kappa shape index (κ3) is 3.54. The van der Waals surface area contributed by atoms with Crippen molar-refractivity contribution >= 4 is 23.2 Å². The van der Waals surface area contributed by atoms with Gasteiger partial charge in [0.15, 0.2) is 0 Å². The van der Waals surface area contributed by atoms with Crippen molar-refractivity contribution in [2.45, 2.75) is 6.18 Å². The van der Waals surface area contributed by atoms with Gasteiger partial charge >= 0.3 is 6.18 Å². The molecule has 0 aromatic heterocycles. The smallest absolute Gasteiger partial charge is 0.321 e. The van der Waals surface area contributed by atoms with Crippen LogP contribution in [0.15, 0.2) is 36.4 Å². The highest BCUT2D eigenvalue weighted by molar-refractivity contribution is 6.34. The molecule has 0 atom stereocenters. The van der Waals surface area contributed by atoms with Crippen LogP contribution in [-0.2, 0) is 6.18 Å². The number of halogens is 6. The molecule has 0 heterocycles. The maximum atomic E-state index is 13.5. The van der Waals surface area contributed by atoms with Gasteiger partial charge in [0.05, 0.1) is 21.8 Å². The van der Waals surface area contributed by atoms with Crippen molar-refractivity contribution < 1.29 is 26.7 Å². The van der Waals surface area contributed by atoms with E-state index < -0.39 is 34.8 Å². The van der Waals surface area contributed by atoms with Crippen LogP contribution in [0, 0.1) is 11.6 Å². The van der Waals surface area contributed by atoms with E-state index in [0.29, 0.717) is 12.1 Å². The van der Waals surface area contributed by atoms with E-state index in [0.717, 1.165) is 24.3 Å². The molecule has 1 amide bonds. The quantitative estimate of drug-likeness (QED) is 0.778. The Labute approximate surface area is 126 Å². The minimum atomic E-state index is -4.63. The summed E-state index contributed by atoms with van der Waals surface area (Å²) in [5.41, 5.74) is -2.04. The van der Waals surface area contributed by atoms with Crippen molar-refractivity contribution in [2.75, 3.05) is 5.32 Å². The Bertz CT molecular complexity index is 730. The Morgan fingerprint density at radius 1 is 1.05 bits per heavy atom. The van der Waals surface area contributed by atoms with E-state index in [1.807, 2.05) is 5.32 Å². The van der Waals surface area contributed by atoms with Crippen molar-refractivity contribution in [3.63, 3.8) is 0 Å². The zero-order chi connectivity index (χ0) is 16.5. The molecule has 2 aromatic rings. The first-order valence-corrected chi connectivity index (χ1v) is 6.19. The van der Waals surface area contributed by atoms with Crippen molar-refractivity contribution in [1.29, 1.82) is 0 Å². The highest BCUT2D eigenvalue weighted by atomic mass is 35.5. The van der Waals surface area contributed by atoms with E-state index in [-0.39, 0.29) is 10.7 Å². The fraction of sp³-hybridized carbons (Fsp3) is 0.0714. The predicted octanol–water partition coefficient (Wildman–Crippen LogP) is 4.89. The third-order valence-corrected chi connectivity index (χ3v) is 3.04. The van der Waals surface area contributed by atoms with Crippen molar-refractivity contribution in [2.24, 2.45) is 0 Å². The lowest BCUT2D eigenvalue weighted by atomic mass is 10.1. The summed E-state index contributed by atoms with van der Waals surface area (Å²) in [6.07, 6.45) is -4.63. The van der Waals surface area contributed by atoms with Crippen LogP contribution in [0.1, 0.15) is 15.9 Å². The Hall–Kier alpha value is -2.15. The Balaban J connectivity index is 2.34. The van der Waals surface area contributed by atoms with Crippen molar-refractivity contribution in [3.05, 3.63) is 64.2 Å². The molecule has 2 aromatic carbocycles. The van der Waals surface area contributed by atoms with Crippen LogP contribution in [0.3, 0.4) is 0 Å². The summed E-state index contributed by atoms with van der Waals surface area (Å²) in [4.78, 5) is 11.8. The summed E-state index contributed by atoms with van der Waals surface area (Å²) in [7, 11) is 0. The fourth-order valence-corrected chi connectivity index (χ4v) is 1.82. The molecular formula is C14H7ClF5NO. The maximum absolute atomic E-state index is 13.5. The SMILES string of the molecule is O=C(Nc1cc(C(F)(F)F)ccc1Cl)c1cc(F)ccc1F. The Morgan fingerprint density at radius 3 is 2.36 bits per heavy atom. The number of alkyl halides is 3. The van der Waals surface area contributed by atoms with Crippen LogP contribution < -0.4 is 5.32 Å². The maximum Gasteiger partial charge on any atom is 0.416 e. The number of nitrogens with one attached hydrogen (secondary N) is 1. The molecule has 116 valence electrons.